The monoisotopic (exact) mass is 253 g/mol. The van der Waals surface area contributed by atoms with E-state index in [1.807, 2.05) is 0 Å². The maximum Gasteiger partial charge on any atom is 0.303 e. The molecule has 1 N–H and O–H groups in total. The van der Waals surface area contributed by atoms with E-state index in [4.69, 9.17) is 5.11 Å². The van der Waals surface area contributed by atoms with Crippen LogP contribution in [0.2, 0.25) is 0 Å². The van der Waals surface area contributed by atoms with Gasteiger partial charge in [0.25, 0.3) is 0 Å². The third-order valence-electron chi connectivity index (χ3n) is 4.78. The van der Waals surface area contributed by atoms with Gasteiger partial charge >= 0.3 is 5.97 Å². The van der Waals surface area contributed by atoms with Crippen molar-refractivity contribution in [1.82, 2.24) is 4.90 Å². The number of likely N-dealkylation sites (tertiary alicyclic amines) is 1. The molecule has 2 atom stereocenters. The molecule has 0 aromatic heterocycles. The number of carbonyl (C=O) groups is 1. The molecule has 2 unspecified atom stereocenters. The molecule has 1 saturated carbocycles. The van der Waals surface area contributed by atoms with Gasteiger partial charge in [-0.25, -0.2) is 0 Å². The first-order valence-corrected chi connectivity index (χ1v) is 7.42. The van der Waals surface area contributed by atoms with E-state index < -0.39 is 5.97 Å². The van der Waals surface area contributed by atoms with Crippen molar-refractivity contribution in [2.45, 2.75) is 64.8 Å². The molecule has 0 bridgehead atoms. The molecule has 0 radical (unpaired) electrons. The van der Waals surface area contributed by atoms with Crippen molar-refractivity contribution < 1.29 is 9.90 Å². The number of nitrogens with zero attached hydrogens (tertiary/aromatic N) is 1. The molecule has 3 nitrogen and oxygen atoms in total. The number of aliphatic carboxylic acids is 1. The standard InChI is InChI=1S/C15H27NO2/c1-15(2)8-3-4-13(10-15)16-9-7-12(11-16)5-6-14(17)18/h12-13H,3-11H2,1-2H3,(H,17,18). The first kappa shape index (κ1) is 13.9. The highest BCUT2D eigenvalue weighted by Crippen LogP contribution is 2.39. The van der Waals surface area contributed by atoms with E-state index in [0.29, 0.717) is 17.8 Å². The molecule has 2 rings (SSSR count). The predicted molar refractivity (Wildman–Crippen MR) is 72.6 cm³/mol. The van der Waals surface area contributed by atoms with Gasteiger partial charge in [0.2, 0.25) is 0 Å². The summed E-state index contributed by atoms with van der Waals surface area (Å²) >= 11 is 0. The summed E-state index contributed by atoms with van der Waals surface area (Å²) in [5.74, 6) is -0.0293. The Labute approximate surface area is 111 Å². The minimum atomic E-state index is -0.646. The fourth-order valence-electron chi connectivity index (χ4n) is 3.73. The van der Waals surface area contributed by atoms with Gasteiger partial charge in [0.05, 0.1) is 0 Å². The van der Waals surface area contributed by atoms with E-state index in [1.54, 1.807) is 0 Å². The Morgan fingerprint density at radius 3 is 2.83 bits per heavy atom. The summed E-state index contributed by atoms with van der Waals surface area (Å²) in [6.07, 6.45) is 7.78. The molecule has 2 fully saturated rings. The van der Waals surface area contributed by atoms with Crippen LogP contribution in [0.15, 0.2) is 0 Å². The first-order valence-electron chi connectivity index (χ1n) is 7.42. The van der Waals surface area contributed by atoms with E-state index >= 15 is 0 Å². The second-order valence-corrected chi connectivity index (χ2v) is 7.00. The molecule has 2 aliphatic rings. The topological polar surface area (TPSA) is 40.5 Å². The van der Waals surface area contributed by atoms with Crippen molar-refractivity contribution in [3.05, 3.63) is 0 Å². The van der Waals surface area contributed by atoms with Crippen LogP contribution in [0.4, 0.5) is 0 Å². The van der Waals surface area contributed by atoms with E-state index in [9.17, 15) is 4.79 Å². The lowest BCUT2D eigenvalue weighted by molar-refractivity contribution is -0.137. The lowest BCUT2D eigenvalue weighted by Crippen LogP contribution is -2.39. The molecule has 0 amide bonds. The highest BCUT2D eigenvalue weighted by atomic mass is 16.4. The summed E-state index contributed by atoms with van der Waals surface area (Å²) in [6, 6.07) is 0.753. The molecular weight excluding hydrogens is 226 g/mol. The molecule has 1 saturated heterocycles. The van der Waals surface area contributed by atoms with Crippen LogP contribution < -0.4 is 0 Å². The van der Waals surface area contributed by atoms with Crippen LogP contribution in [0, 0.1) is 11.3 Å². The largest absolute Gasteiger partial charge is 0.481 e. The number of hydrogen-bond acceptors (Lipinski definition) is 2. The zero-order valence-electron chi connectivity index (χ0n) is 11.8. The normalized spacial score (nSPS) is 32.6. The van der Waals surface area contributed by atoms with Gasteiger partial charge in [0.15, 0.2) is 0 Å². The Hall–Kier alpha value is -0.570. The molecule has 1 heterocycles. The van der Waals surface area contributed by atoms with Crippen LogP contribution >= 0.6 is 0 Å². The molecule has 1 aliphatic carbocycles. The fourth-order valence-corrected chi connectivity index (χ4v) is 3.73. The van der Waals surface area contributed by atoms with Crippen LogP contribution in [-0.4, -0.2) is 35.1 Å². The van der Waals surface area contributed by atoms with Crippen LogP contribution in [0.5, 0.6) is 0 Å². The number of rotatable bonds is 4. The predicted octanol–water partition coefficient (Wildman–Crippen LogP) is 3.14. The quantitative estimate of drug-likeness (QED) is 0.836. The summed E-state index contributed by atoms with van der Waals surface area (Å²) in [5.41, 5.74) is 0.502. The second-order valence-electron chi connectivity index (χ2n) is 7.00. The van der Waals surface area contributed by atoms with Gasteiger partial charge < -0.3 is 10.0 Å². The van der Waals surface area contributed by atoms with Crippen LogP contribution in [-0.2, 0) is 4.79 Å². The van der Waals surface area contributed by atoms with Crippen molar-refractivity contribution in [3.8, 4) is 0 Å². The van der Waals surface area contributed by atoms with Gasteiger partial charge in [-0.1, -0.05) is 20.3 Å². The lowest BCUT2D eigenvalue weighted by atomic mass is 9.75. The average Bonchev–Trinajstić information content (AvgIpc) is 2.73. The van der Waals surface area contributed by atoms with Crippen molar-refractivity contribution >= 4 is 5.97 Å². The number of hydrogen-bond donors (Lipinski definition) is 1. The van der Waals surface area contributed by atoms with E-state index in [-0.39, 0.29) is 0 Å². The highest BCUT2D eigenvalue weighted by molar-refractivity contribution is 5.66. The summed E-state index contributed by atoms with van der Waals surface area (Å²) in [4.78, 5) is 13.2. The maximum atomic E-state index is 10.6. The first-order chi connectivity index (χ1) is 8.46. The second kappa shape index (κ2) is 5.60. The zero-order valence-corrected chi connectivity index (χ0v) is 11.8. The van der Waals surface area contributed by atoms with E-state index in [2.05, 4.69) is 18.7 Å². The summed E-state index contributed by atoms with van der Waals surface area (Å²) < 4.78 is 0. The maximum absolute atomic E-state index is 10.6. The number of carboxylic acid groups (broad SMARTS) is 1. The van der Waals surface area contributed by atoms with Gasteiger partial charge in [-0.15, -0.1) is 0 Å². The van der Waals surface area contributed by atoms with Gasteiger partial charge in [-0.2, -0.15) is 0 Å². The van der Waals surface area contributed by atoms with Gasteiger partial charge in [0, 0.05) is 19.0 Å². The Balaban J connectivity index is 1.79. The molecule has 0 aromatic carbocycles. The summed E-state index contributed by atoms with van der Waals surface area (Å²) in [6.45, 7) is 7.09. The van der Waals surface area contributed by atoms with Crippen LogP contribution in [0.3, 0.4) is 0 Å². The SMILES string of the molecule is CC1(C)CCCC(N2CCC(CCC(=O)O)C2)C1. The van der Waals surface area contributed by atoms with E-state index in [0.717, 1.165) is 19.0 Å². The van der Waals surface area contributed by atoms with Crippen molar-refractivity contribution in [3.63, 3.8) is 0 Å². The molecule has 104 valence electrons. The van der Waals surface area contributed by atoms with Crippen LogP contribution in [0.25, 0.3) is 0 Å². The average molecular weight is 253 g/mol. The molecule has 18 heavy (non-hydrogen) atoms. The molecule has 0 aromatic rings. The Bertz CT molecular complexity index is 301. The Morgan fingerprint density at radius 1 is 1.39 bits per heavy atom. The van der Waals surface area contributed by atoms with Gasteiger partial charge in [0.1, 0.15) is 0 Å². The highest BCUT2D eigenvalue weighted by Gasteiger charge is 2.34. The number of carboxylic acids is 1. The fraction of sp³-hybridized carbons (Fsp3) is 0.933. The molecular formula is C15H27NO2. The van der Waals surface area contributed by atoms with Crippen molar-refractivity contribution in [1.29, 1.82) is 0 Å². The van der Waals surface area contributed by atoms with Crippen molar-refractivity contribution in [2.75, 3.05) is 13.1 Å². The molecule has 0 spiro atoms. The van der Waals surface area contributed by atoms with Gasteiger partial charge in [-0.3, -0.25) is 4.79 Å². The summed E-state index contributed by atoms with van der Waals surface area (Å²) in [7, 11) is 0. The Morgan fingerprint density at radius 2 is 2.17 bits per heavy atom. The summed E-state index contributed by atoms with van der Waals surface area (Å²) in [5, 5.41) is 8.74. The minimum Gasteiger partial charge on any atom is -0.481 e. The Kier molecular flexibility index (Phi) is 4.31. The third kappa shape index (κ3) is 3.71. The molecule has 3 heteroatoms. The zero-order chi connectivity index (χ0) is 13.2. The third-order valence-corrected chi connectivity index (χ3v) is 4.78. The van der Waals surface area contributed by atoms with Crippen molar-refractivity contribution in [2.24, 2.45) is 11.3 Å². The molecule has 1 aliphatic heterocycles. The lowest BCUT2D eigenvalue weighted by Gasteiger charge is -2.39. The minimum absolute atomic E-state index is 0.342. The van der Waals surface area contributed by atoms with E-state index in [1.165, 1.54) is 38.6 Å². The smallest absolute Gasteiger partial charge is 0.303 e. The van der Waals surface area contributed by atoms with Gasteiger partial charge in [-0.05, 0) is 50.0 Å². The van der Waals surface area contributed by atoms with Crippen LogP contribution in [0.1, 0.15) is 58.8 Å².